The van der Waals surface area contributed by atoms with Crippen LogP contribution in [0.2, 0.25) is 0 Å². The molecule has 0 unspecified atom stereocenters. The van der Waals surface area contributed by atoms with Crippen LogP contribution in [0.15, 0.2) is 83.8 Å². The van der Waals surface area contributed by atoms with E-state index in [4.69, 9.17) is 14.6 Å². The zero-order valence-electron chi connectivity index (χ0n) is 17.0. The van der Waals surface area contributed by atoms with Crippen LogP contribution in [0.25, 0.3) is 6.08 Å². The van der Waals surface area contributed by atoms with Crippen LogP contribution in [0.3, 0.4) is 0 Å². The third kappa shape index (κ3) is 6.49. The molecule has 0 aliphatic heterocycles. The Labute approximate surface area is 185 Å². The van der Waals surface area contributed by atoms with Gasteiger partial charge < -0.3 is 14.6 Å². The molecule has 31 heavy (non-hydrogen) atoms. The highest BCUT2D eigenvalue weighted by atomic mass is 32.2. The van der Waals surface area contributed by atoms with Crippen LogP contribution in [0, 0.1) is 0 Å². The third-order valence-electron chi connectivity index (χ3n) is 4.37. The second-order valence-electron chi connectivity index (χ2n) is 6.56. The number of hydrogen-bond donors (Lipinski definition) is 1. The Morgan fingerprint density at radius 2 is 1.71 bits per heavy atom. The standard InChI is InChI=1S/C25H22O5S/c1-29-23-15-20(12-14-24(23)31-17-25(27)28)21(26)13-11-19-9-5-6-10-22(19)30-16-18-7-3-2-4-8-18/h2-15H,16-17H2,1H3,(H,27,28)/b13-11+. The van der Waals surface area contributed by atoms with Gasteiger partial charge in [0.2, 0.25) is 0 Å². The molecule has 6 heteroatoms. The number of ether oxygens (including phenoxy) is 2. The minimum Gasteiger partial charge on any atom is -0.496 e. The zero-order valence-corrected chi connectivity index (χ0v) is 17.8. The van der Waals surface area contributed by atoms with Crippen LogP contribution in [-0.2, 0) is 11.4 Å². The summed E-state index contributed by atoms with van der Waals surface area (Å²) in [5.74, 6) is -0.0247. The van der Waals surface area contributed by atoms with E-state index in [-0.39, 0.29) is 11.5 Å². The first-order valence-corrected chi connectivity index (χ1v) is 10.6. The van der Waals surface area contributed by atoms with Gasteiger partial charge in [0.05, 0.1) is 12.9 Å². The molecule has 0 atom stereocenters. The van der Waals surface area contributed by atoms with Gasteiger partial charge in [0.1, 0.15) is 18.1 Å². The molecule has 5 nitrogen and oxygen atoms in total. The maximum atomic E-state index is 12.7. The average molecular weight is 435 g/mol. The smallest absolute Gasteiger partial charge is 0.313 e. The summed E-state index contributed by atoms with van der Waals surface area (Å²) >= 11 is 1.15. The van der Waals surface area contributed by atoms with Crippen LogP contribution in [0.5, 0.6) is 11.5 Å². The zero-order chi connectivity index (χ0) is 22.1. The molecule has 3 aromatic carbocycles. The van der Waals surface area contributed by atoms with Crippen LogP contribution >= 0.6 is 11.8 Å². The molecule has 1 N–H and O–H groups in total. The highest BCUT2D eigenvalue weighted by Gasteiger charge is 2.11. The number of allylic oxidation sites excluding steroid dienone is 1. The average Bonchev–Trinajstić information content (AvgIpc) is 2.80. The molecule has 0 aliphatic carbocycles. The summed E-state index contributed by atoms with van der Waals surface area (Å²) in [6.07, 6.45) is 3.21. The van der Waals surface area contributed by atoms with E-state index in [1.54, 1.807) is 24.3 Å². The number of benzene rings is 3. The van der Waals surface area contributed by atoms with Crippen LogP contribution in [0.4, 0.5) is 0 Å². The maximum Gasteiger partial charge on any atom is 0.313 e. The molecular weight excluding hydrogens is 412 g/mol. The van der Waals surface area contributed by atoms with Gasteiger partial charge in [0.15, 0.2) is 5.78 Å². The van der Waals surface area contributed by atoms with Gasteiger partial charge in [0.25, 0.3) is 0 Å². The van der Waals surface area contributed by atoms with Crippen molar-refractivity contribution in [2.24, 2.45) is 0 Å². The fourth-order valence-electron chi connectivity index (χ4n) is 2.83. The molecule has 0 saturated carbocycles. The first-order chi connectivity index (χ1) is 15.1. The van der Waals surface area contributed by atoms with Crippen molar-refractivity contribution >= 4 is 29.6 Å². The highest BCUT2D eigenvalue weighted by Crippen LogP contribution is 2.30. The molecular formula is C25H22O5S. The Morgan fingerprint density at radius 1 is 0.968 bits per heavy atom. The Balaban J connectivity index is 1.72. The molecule has 0 bridgehead atoms. The first kappa shape index (κ1) is 22.2. The molecule has 0 amide bonds. The lowest BCUT2D eigenvalue weighted by Crippen LogP contribution is -2.00. The van der Waals surface area contributed by atoms with E-state index in [2.05, 4.69) is 0 Å². The van der Waals surface area contributed by atoms with Crippen LogP contribution in [0.1, 0.15) is 21.5 Å². The molecule has 0 aromatic heterocycles. The summed E-state index contributed by atoms with van der Waals surface area (Å²) in [6, 6.07) is 22.4. The van der Waals surface area contributed by atoms with Crippen LogP contribution in [-0.4, -0.2) is 29.7 Å². The van der Waals surface area contributed by atoms with E-state index in [1.165, 1.54) is 13.2 Å². The van der Waals surface area contributed by atoms with Crippen molar-refractivity contribution in [3.63, 3.8) is 0 Å². The number of methoxy groups -OCH3 is 1. The summed E-state index contributed by atoms with van der Waals surface area (Å²) in [4.78, 5) is 24.1. The summed E-state index contributed by atoms with van der Waals surface area (Å²) in [5.41, 5.74) is 2.31. The van der Waals surface area contributed by atoms with Crippen molar-refractivity contribution < 1.29 is 24.2 Å². The number of aliphatic carboxylic acids is 1. The lowest BCUT2D eigenvalue weighted by Gasteiger charge is -2.10. The lowest BCUT2D eigenvalue weighted by molar-refractivity contribution is -0.133. The number of carbonyl (C=O) groups excluding carboxylic acids is 1. The fraction of sp³-hybridized carbons (Fsp3) is 0.120. The van der Waals surface area contributed by atoms with Crippen molar-refractivity contribution in [3.8, 4) is 11.5 Å². The maximum absolute atomic E-state index is 12.7. The number of carboxylic acids is 1. The van der Waals surface area contributed by atoms with Gasteiger partial charge in [-0.2, -0.15) is 0 Å². The second-order valence-corrected chi connectivity index (χ2v) is 7.57. The van der Waals surface area contributed by atoms with Gasteiger partial charge in [-0.25, -0.2) is 0 Å². The van der Waals surface area contributed by atoms with E-state index < -0.39 is 5.97 Å². The van der Waals surface area contributed by atoms with E-state index >= 15 is 0 Å². The minimum atomic E-state index is -0.914. The monoisotopic (exact) mass is 434 g/mol. The normalized spacial score (nSPS) is 10.7. The predicted molar refractivity (Wildman–Crippen MR) is 122 cm³/mol. The highest BCUT2D eigenvalue weighted by molar-refractivity contribution is 8.00. The first-order valence-electron chi connectivity index (χ1n) is 9.57. The van der Waals surface area contributed by atoms with Gasteiger partial charge in [0, 0.05) is 16.0 Å². The van der Waals surface area contributed by atoms with E-state index in [1.807, 2.05) is 54.6 Å². The number of carbonyl (C=O) groups is 2. The van der Waals surface area contributed by atoms with Crippen molar-refractivity contribution in [1.29, 1.82) is 0 Å². The molecule has 0 aliphatic rings. The number of thioether (sulfide) groups is 1. The molecule has 0 fully saturated rings. The molecule has 158 valence electrons. The van der Waals surface area contributed by atoms with Crippen molar-refractivity contribution in [2.75, 3.05) is 12.9 Å². The Bertz CT molecular complexity index is 1080. The van der Waals surface area contributed by atoms with Gasteiger partial charge in [-0.3, -0.25) is 9.59 Å². The van der Waals surface area contributed by atoms with Gasteiger partial charge >= 0.3 is 5.97 Å². The van der Waals surface area contributed by atoms with E-state index in [0.717, 1.165) is 22.9 Å². The van der Waals surface area contributed by atoms with E-state index in [9.17, 15) is 9.59 Å². The van der Waals surface area contributed by atoms with Crippen LogP contribution < -0.4 is 9.47 Å². The summed E-state index contributed by atoms with van der Waals surface area (Å²) in [5, 5.41) is 8.85. The number of rotatable bonds is 10. The summed E-state index contributed by atoms with van der Waals surface area (Å²) in [6.45, 7) is 0.437. The quantitative estimate of drug-likeness (QED) is 0.264. The molecule has 0 saturated heterocycles. The van der Waals surface area contributed by atoms with Crippen molar-refractivity contribution in [3.05, 3.63) is 95.6 Å². The molecule has 0 spiro atoms. The van der Waals surface area contributed by atoms with E-state index in [0.29, 0.717) is 28.6 Å². The largest absolute Gasteiger partial charge is 0.496 e. The lowest BCUT2D eigenvalue weighted by atomic mass is 10.1. The molecule has 0 heterocycles. The number of para-hydroxylation sites is 1. The third-order valence-corrected chi connectivity index (χ3v) is 5.41. The molecule has 3 aromatic rings. The van der Waals surface area contributed by atoms with Gasteiger partial charge in [-0.15, -0.1) is 11.8 Å². The summed E-state index contributed by atoms with van der Waals surface area (Å²) in [7, 11) is 1.49. The Kier molecular flexibility index (Phi) is 7.90. The fourth-order valence-corrected chi connectivity index (χ4v) is 3.55. The molecule has 3 rings (SSSR count). The number of ketones is 1. The Hall–Kier alpha value is -3.51. The van der Waals surface area contributed by atoms with Crippen molar-refractivity contribution in [1.82, 2.24) is 0 Å². The van der Waals surface area contributed by atoms with Gasteiger partial charge in [-0.1, -0.05) is 48.5 Å². The summed E-state index contributed by atoms with van der Waals surface area (Å²) < 4.78 is 11.2. The molecule has 0 radical (unpaired) electrons. The Morgan fingerprint density at radius 3 is 2.45 bits per heavy atom. The van der Waals surface area contributed by atoms with Crippen molar-refractivity contribution in [2.45, 2.75) is 11.5 Å². The van der Waals surface area contributed by atoms with Gasteiger partial charge in [-0.05, 0) is 42.0 Å². The number of hydrogen-bond acceptors (Lipinski definition) is 5. The number of carboxylic acid groups (broad SMARTS) is 1. The topological polar surface area (TPSA) is 72.8 Å². The predicted octanol–water partition coefficient (Wildman–Crippen LogP) is 5.35. The minimum absolute atomic E-state index is 0.0800. The SMILES string of the molecule is COc1cc(C(=O)/C=C/c2ccccc2OCc2ccccc2)ccc1SCC(=O)O. The second kappa shape index (κ2) is 11.0.